The van der Waals surface area contributed by atoms with Crippen LogP contribution in [0.25, 0.3) is 11.0 Å². The van der Waals surface area contributed by atoms with Crippen LogP contribution in [0.15, 0.2) is 36.5 Å². The molecule has 0 saturated carbocycles. The standard InChI is InChI=1S/C33H41N5O5/c1-42-28-17-21-8-11-30(40)38-19-22-16-25(20-37(18-22)33(41)26-10-9-23-12-14-35-32(23)36-26)27(38)6-3-7-29(39)34-13-4-5-24(15-21)31(28)43-2/h9-10,12,14-15,17,22,25,27H,3-8,11,13,16,18-20H2,1-2H3,(H,34,39)(H,35,36)/t22-,25-,27-/m0/s1. The van der Waals surface area contributed by atoms with E-state index in [9.17, 15) is 14.4 Å². The summed E-state index contributed by atoms with van der Waals surface area (Å²) in [5.74, 6) is 1.82. The number of methoxy groups -OCH3 is 2. The normalized spacial score (nSPS) is 23.4. The number of nitrogens with one attached hydrogen (secondary N) is 2. The quantitative estimate of drug-likeness (QED) is 0.482. The van der Waals surface area contributed by atoms with Gasteiger partial charge in [0.15, 0.2) is 11.5 Å². The Balaban J connectivity index is 1.22. The molecule has 2 saturated heterocycles. The van der Waals surface area contributed by atoms with Crippen LogP contribution in [0.4, 0.5) is 0 Å². The van der Waals surface area contributed by atoms with Crippen LogP contribution in [0, 0.1) is 11.8 Å². The number of aromatic nitrogens is 2. The van der Waals surface area contributed by atoms with E-state index in [1.54, 1.807) is 20.3 Å². The van der Waals surface area contributed by atoms with E-state index in [0.717, 1.165) is 42.2 Å². The predicted octanol–water partition coefficient (Wildman–Crippen LogP) is 3.73. The minimum Gasteiger partial charge on any atom is -0.493 e. The highest BCUT2D eigenvalue weighted by molar-refractivity contribution is 5.94. The molecule has 3 aliphatic heterocycles. The molecule has 0 aliphatic carbocycles. The van der Waals surface area contributed by atoms with Gasteiger partial charge in [-0.15, -0.1) is 0 Å². The first kappa shape index (κ1) is 29.0. The molecule has 2 aromatic heterocycles. The van der Waals surface area contributed by atoms with Crippen molar-refractivity contribution in [2.24, 2.45) is 11.8 Å². The van der Waals surface area contributed by atoms with Crippen molar-refractivity contribution in [2.75, 3.05) is 40.4 Å². The third-order valence-electron chi connectivity index (χ3n) is 9.30. The maximum atomic E-state index is 13.8. The second-order valence-electron chi connectivity index (χ2n) is 12.1. The van der Waals surface area contributed by atoms with Gasteiger partial charge in [-0.25, -0.2) is 4.98 Å². The summed E-state index contributed by atoms with van der Waals surface area (Å²) in [4.78, 5) is 51.8. The van der Waals surface area contributed by atoms with Gasteiger partial charge in [-0.1, -0.05) is 6.07 Å². The van der Waals surface area contributed by atoms with Crippen molar-refractivity contribution < 1.29 is 23.9 Å². The van der Waals surface area contributed by atoms with Gasteiger partial charge in [0.05, 0.1) is 14.2 Å². The Morgan fingerprint density at radius 3 is 2.70 bits per heavy atom. The third kappa shape index (κ3) is 6.19. The molecule has 10 nitrogen and oxygen atoms in total. The SMILES string of the molecule is COc1cc2cc(c1OC)CCCNC(=O)CCC[C@H]1[C@H]3C[C@@H](CN(C(=O)c4ccc5cc[nH]c5n4)C3)CN1C(=O)CC2. The van der Waals surface area contributed by atoms with Crippen molar-refractivity contribution >= 4 is 28.8 Å². The van der Waals surface area contributed by atoms with Gasteiger partial charge in [0, 0.05) is 56.6 Å². The number of piperidine rings is 2. The number of aromatic amines is 1. The van der Waals surface area contributed by atoms with Gasteiger partial charge < -0.3 is 29.6 Å². The molecule has 3 amide bonds. The minimum absolute atomic E-state index is 0.0140. The Labute approximate surface area is 252 Å². The summed E-state index contributed by atoms with van der Waals surface area (Å²) in [5, 5.41) is 4.03. The van der Waals surface area contributed by atoms with Crippen molar-refractivity contribution in [1.82, 2.24) is 25.1 Å². The predicted molar refractivity (Wildman–Crippen MR) is 162 cm³/mol. The molecule has 10 heteroatoms. The number of likely N-dealkylation sites (tertiary alicyclic amines) is 1. The van der Waals surface area contributed by atoms with Crippen molar-refractivity contribution in [3.63, 3.8) is 0 Å². The fourth-order valence-corrected chi connectivity index (χ4v) is 7.28. The Bertz CT molecular complexity index is 1500. The summed E-state index contributed by atoms with van der Waals surface area (Å²) in [5.41, 5.74) is 3.20. The molecule has 1 aromatic carbocycles. The van der Waals surface area contributed by atoms with Crippen LogP contribution >= 0.6 is 0 Å². The summed E-state index contributed by atoms with van der Waals surface area (Å²) < 4.78 is 11.3. The Hall–Kier alpha value is -4.08. The van der Waals surface area contributed by atoms with E-state index in [1.807, 2.05) is 29.3 Å². The zero-order valence-electron chi connectivity index (χ0n) is 25.1. The van der Waals surface area contributed by atoms with Crippen LogP contribution in [-0.2, 0) is 22.4 Å². The lowest BCUT2D eigenvalue weighted by Crippen LogP contribution is -2.60. The molecular weight excluding hydrogens is 546 g/mol. The number of pyridine rings is 1. The van der Waals surface area contributed by atoms with Gasteiger partial charge in [0.25, 0.3) is 5.91 Å². The molecule has 3 aliphatic rings. The summed E-state index contributed by atoms with van der Waals surface area (Å²) >= 11 is 0. The number of rotatable bonds is 3. The number of carbonyl (C=O) groups is 3. The highest BCUT2D eigenvalue weighted by Gasteiger charge is 2.43. The van der Waals surface area contributed by atoms with Crippen molar-refractivity contribution in [2.45, 2.75) is 57.4 Å². The van der Waals surface area contributed by atoms with Gasteiger partial charge in [-0.05, 0) is 85.8 Å². The second-order valence-corrected chi connectivity index (χ2v) is 12.1. The first-order valence-electron chi connectivity index (χ1n) is 15.5. The van der Waals surface area contributed by atoms with Gasteiger partial charge in [0.2, 0.25) is 11.8 Å². The lowest BCUT2D eigenvalue weighted by atomic mass is 9.77. The zero-order chi connectivity index (χ0) is 29.9. The number of benzene rings is 1. The van der Waals surface area contributed by atoms with Crippen LogP contribution in [-0.4, -0.2) is 83.9 Å². The summed E-state index contributed by atoms with van der Waals surface area (Å²) in [6.07, 6.45) is 7.19. The van der Waals surface area contributed by atoms with Crippen LogP contribution in [0.2, 0.25) is 0 Å². The number of hydrogen-bond donors (Lipinski definition) is 2. The van der Waals surface area contributed by atoms with E-state index in [0.29, 0.717) is 74.7 Å². The van der Waals surface area contributed by atoms with E-state index in [-0.39, 0.29) is 35.6 Å². The summed E-state index contributed by atoms with van der Waals surface area (Å²) in [6.45, 7) is 2.40. The smallest absolute Gasteiger partial charge is 0.272 e. The average molecular weight is 588 g/mol. The summed E-state index contributed by atoms with van der Waals surface area (Å²) in [7, 11) is 3.26. The van der Waals surface area contributed by atoms with Gasteiger partial charge in [-0.2, -0.15) is 0 Å². The van der Waals surface area contributed by atoms with E-state index in [4.69, 9.17) is 9.47 Å². The fraction of sp³-hybridized carbons (Fsp3) is 0.515. The molecular formula is C33H41N5O5. The Morgan fingerprint density at radius 1 is 0.977 bits per heavy atom. The number of aryl methyl sites for hydroxylation is 2. The molecule has 3 aromatic rings. The van der Waals surface area contributed by atoms with Crippen molar-refractivity contribution in [3.05, 3.63) is 53.3 Å². The number of amides is 3. The van der Waals surface area contributed by atoms with E-state index >= 15 is 0 Å². The Morgan fingerprint density at radius 2 is 1.86 bits per heavy atom. The molecule has 3 atom stereocenters. The number of fused-ring (bicyclic) bond motifs is 7. The first-order chi connectivity index (χ1) is 20.9. The number of hydrogen-bond acceptors (Lipinski definition) is 6. The molecule has 43 heavy (non-hydrogen) atoms. The molecule has 2 N–H and O–H groups in total. The lowest BCUT2D eigenvalue weighted by Gasteiger charge is -2.51. The number of H-pyrrole nitrogens is 1. The van der Waals surface area contributed by atoms with E-state index in [2.05, 4.69) is 26.3 Å². The number of carbonyl (C=O) groups excluding carboxylic acids is 3. The van der Waals surface area contributed by atoms with Gasteiger partial charge in [-0.3, -0.25) is 14.4 Å². The molecule has 5 heterocycles. The third-order valence-corrected chi connectivity index (χ3v) is 9.30. The first-order valence-corrected chi connectivity index (χ1v) is 15.5. The van der Waals surface area contributed by atoms with Crippen LogP contribution in [0.1, 0.15) is 60.1 Å². The Kier molecular flexibility index (Phi) is 8.54. The molecule has 0 spiro atoms. The largest absolute Gasteiger partial charge is 0.493 e. The fourth-order valence-electron chi connectivity index (χ4n) is 7.28. The molecule has 6 rings (SSSR count). The second kappa shape index (κ2) is 12.7. The maximum Gasteiger partial charge on any atom is 0.272 e. The molecule has 0 radical (unpaired) electrons. The topological polar surface area (TPSA) is 117 Å². The van der Waals surface area contributed by atoms with E-state index in [1.165, 1.54) is 0 Å². The zero-order valence-corrected chi connectivity index (χ0v) is 25.1. The average Bonchev–Trinajstić information content (AvgIpc) is 3.49. The highest BCUT2D eigenvalue weighted by Crippen LogP contribution is 2.37. The van der Waals surface area contributed by atoms with Gasteiger partial charge in [0.1, 0.15) is 11.3 Å². The van der Waals surface area contributed by atoms with Crippen LogP contribution in [0.5, 0.6) is 11.5 Å². The van der Waals surface area contributed by atoms with Gasteiger partial charge >= 0.3 is 0 Å². The molecule has 4 bridgehead atoms. The van der Waals surface area contributed by atoms with Crippen LogP contribution < -0.4 is 14.8 Å². The monoisotopic (exact) mass is 587 g/mol. The molecule has 228 valence electrons. The summed E-state index contributed by atoms with van der Waals surface area (Å²) in [6, 6.07) is 9.71. The van der Waals surface area contributed by atoms with Crippen molar-refractivity contribution in [1.29, 1.82) is 0 Å². The number of ether oxygens (including phenoxy) is 2. The lowest BCUT2D eigenvalue weighted by molar-refractivity contribution is -0.140. The number of nitrogens with zero attached hydrogens (tertiary/aromatic N) is 3. The van der Waals surface area contributed by atoms with Crippen LogP contribution in [0.3, 0.4) is 0 Å². The van der Waals surface area contributed by atoms with Crippen molar-refractivity contribution in [3.8, 4) is 11.5 Å². The molecule has 2 fully saturated rings. The van der Waals surface area contributed by atoms with E-state index < -0.39 is 0 Å². The highest BCUT2D eigenvalue weighted by atomic mass is 16.5. The molecule has 0 unspecified atom stereocenters. The maximum absolute atomic E-state index is 13.8. The minimum atomic E-state index is -0.0668.